The Bertz CT molecular complexity index is 1070. The maximum atomic E-state index is 13.3. The van der Waals surface area contributed by atoms with Gasteiger partial charge in [0.15, 0.2) is 5.82 Å². The Morgan fingerprint density at radius 3 is 2.83 bits per heavy atom. The van der Waals surface area contributed by atoms with Crippen LogP contribution in [-0.4, -0.2) is 20.0 Å². The van der Waals surface area contributed by atoms with Gasteiger partial charge < -0.3 is 5.32 Å². The van der Waals surface area contributed by atoms with Crippen LogP contribution < -0.4 is 5.32 Å². The molecular weight excluding hydrogens is 305 g/mol. The second-order valence-electron chi connectivity index (χ2n) is 6.40. The molecule has 0 unspecified atom stereocenters. The molecule has 5 nitrogen and oxygen atoms in total. The number of anilines is 2. The summed E-state index contributed by atoms with van der Waals surface area (Å²) in [7, 11) is 1.98. The van der Waals surface area contributed by atoms with Gasteiger partial charge in [0.05, 0.1) is 16.7 Å². The average Bonchev–Trinajstić information content (AvgIpc) is 3.28. The molecule has 24 heavy (non-hydrogen) atoms. The van der Waals surface area contributed by atoms with Crippen LogP contribution in [0, 0.1) is 5.82 Å². The summed E-state index contributed by atoms with van der Waals surface area (Å²) in [6.07, 6.45) is 2.48. The first-order valence-corrected chi connectivity index (χ1v) is 8.06. The summed E-state index contributed by atoms with van der Waals surface area (Å²) in [5, 5.41) is 17.2. The number of hydrogen-bond acceptors (Lipinski definition) is 3. The molecule has 0 saturated heterocycles. The molecular formula is C18H16FN5. The van der Waals surface area contributed by atoms with Crippen LogP contribution in [0.1, 0.15) is 24.5 Å². The summed E-state index contributed by atoms with van der Waals surface area (Å²) in [4.78, 5) is 0. The smallest absolute Gasteiger partial charge is 0.160 e. The van der Waals surface area contributed by atoms with Gasteiger partial charge in [-0.2, -0.15) is 10.2 Å². The van der Waals surface area contributed by atoms with Gasteiger partial charge in [-0.15, -0.1) is 0 Å². The molecule has 2 heterocycles. The number of nitrogens with zero attached hydrogens (tertiary/aromatic N) is 3. The number of rotatable bonds is 3. The Kier molecular flexibility index (Phi) is 2.71. The summed E-state index contributed by atoms with van der Waals surface area (Å²) < 4.78 is 15.2. The van der Waals surface area contributed by atoms with Crippen molar-refractivity contribution in [3.8, 4) is 0 Å². The lowest BCUT2D eigenvalue weighted by Crippen LogP contribution is -1.93. The second kappa shape index (κ2) is 4.80. The van der Waals surface area contributed by atoms with Gasteiger partial charge >= 0.3 is 0 Å². The molecule has 4 aromatic rings. The number of nitrogens with one attached hydrogen (secondary N) is 2. The fraction of sp³-hybridized carbons (Fsp3) is 0.222. The van der Waals surface area contributed by atoms with Crippen LogP contribution in [-0.2, 0) is 7.05 Å². The van der Waals surface area contributed by atoms with E-state index >= 15 is 0 Å². The largest absolute Gasteiger partial charge is 0.338 e. The standard InChI is InChI=1S/C18H16FN5/c1-24-16-9-12(5-7-14(16)17(23-24)10-2-3-10)20-18-13-6-4-11(19)8-15(13)21-22-18/h4-10H,2-3H2,1H3,(H2,20,21,22). The highest BCUT2D eigenvalue weighted by molar-refractivity contribution is 5.93. The maximum Gasteiger partial charge on any atom is 0.160 e. The molecule has 120 valence electrons. The van der Waals surface area contributed by atoms with Crippen molar-refractivity contribution in [2.45, 2.75) is 18.8 Å². The molecule has 2 N–H and O–H groups in total. The van der Waals surface area contributed by atoms with E-state index in [0.29, 0.717) is 17.3 Å². The number of fused-ring (bicyclic) bond motifs is 2. The Morgan fingerprint density at radius 1 is 1.17 bits per heavy atom. The number of H-pyrrole nitrogens is 1. The molecule has 1 aliphatic carbocycles. The first-order chi connectivity index (χ1) is 11.7. The highest BCUT2D eigenvalue weighted by atomic mass is 19.1. The van der Waals surface area contributed by atoms with Crippen LogP contribution in [0.2, 0.25) is 0 Å². The van der Waals surface area contributed by atoms with E-state index in [0.717, 1.165) is 16.6 Å². The molecule has 2 aromatic heterocycles. The first-order valence-electron chi connectivity index (χ1n) is 8.06. The van der Waals surface area contributed by atoms with Crippen molar-refractivity contribution in [3.63, 3.8) is 0 Å². The Morgan fingerprint density at radius 2 is 2.00 bits per heavy atom. The van der Waals surface area contributed by atoms with Gasteiger partial charge in [-0.05, 0) is 49.2 Å². The number of aryl methyl sites for hydroxylation is 1. The van der Waals surface area contributed by atoms with Gasteiger partial charge in [-0.1, -0.05) is 0 Å². The molecule has 5 rings (SSSR count). The predicted octanol–water partition coefficient (Wildman–Crippen LogP) is 4.21. The van der Waals surface area contributed by atoms with Gasteiger partial charge in [0, 0.05) is 29.4 Å². The van der Waals surface area contributed by atoms with Crippen molar-refractivity contribution in [2.24, 2.45) is 7.05 Å². The van der Waals surface area contributed by atoms with E-state index in [4.69, 9.17) is 0 Å². The Balaban J connectivity index is 1.55. The van der Waals surface area contributed by atoms with E-state index in [1.54, 1.807) is 6.07 Å². The lowest BCUT2D eigenvalue weighted by molar-refractivity contribution is 0.629. The zero-order valence-electron chi connectivity index (χ0n) is 13.2. The normalized spacial score (nSPS) is 14.6. The van der Waals surface area contributed by atoms with Crippen molar-refractivity contribution >= 4 is 33.3 Å². The zero-order chi connectivity index (χ0) is 16.3. The van der Waals surface area contributed by atoms with E-state index in [1.165, 1.54) is 36.1 Å². The van der Waals surface area contributed by atoms with Crippen molar-refractivity contribution in [3.05, 3.63) is 47.9 Å². The molecule has 2 aromatic carbocycles. The summed E-state index contributed by atoms with van der Waals surface area (Å²) >= 11 is 0. The van der Waals surface area contributed by atoms with Crippen LogP contribution in [0.25, 0.3) is 21.8 Å². The minimum atomic E-state index is -0.276. The second-order valence-corrected chi connectivity index (χ2v) is 6.40. The third-order valence-corrected chi connectivity index (χ3v) is 4.63. The lowest BCUT2D eigenvalue weighted by atomic mass is 10.1. The minimum absolute atomic E-state index is 0.276. The summed E-state index contributed by atoms with van der Waals surface area (Å²) in [6.45, 7) is 0. The van der Waals surface area contributed by atoms with E-state index in [2.05, 4.69) is 32.7 Å². The Hall–Kier alpha value is -2.89. The number of aromatic nitrogens is 4. The maximum absolute atomic E-state index is 13.3. The molecule has 0 radical (unpaired) electrons. The minimum Gasteiger partial charge on any atom is -0.338 e. The number of hydrogen-bond donors (Lipinski definition) is 2. The van der Waals surface area contributed by atoms with Crippen LogP contribution in [0.4, 0.5) is 15.9 Å². The zero-order valence-corrected chi connectivity index (χ0v) is 13.2. The van der Waals surface area contributed by atoms with Gasteiger partial charge in [0.1, 0.15) is 5.82 Å². The van der Waals surface area contributed by atoms with Crippen LogP contribution in [0.3, 0.4) is 0 Å². The average molecular weight is 321 g/mol. The van der Waals surface area contributed by atoms with Crippen molar-refractivity contribution in [1.82, 2.24) is 20.0 Å². The van der Waals surface area contributed by atoms with Gasteiger partial charge in [-0.25, -0.2) is 4.39 Å². The van der Waals surface area contributed by atoms with Crippen LogP contribution in [0.5, 0.6) is 0 Å². The summed E-state index contributed by atoms with van der Waals surface area (Å²) in [6, 6.07) is 10.9. The lowest BCUT2D eigenvalue weighted by Gasteiger charge is -2.05. The highest BCUT2D eigenvalue weighted by Gasteiger charge is 2.28. The fourth-order valence-electron chi connectivity index (χ4n) is 3.25. The topological polar surface area (TPSA) is 58.5 Å². The van der Waals surface area contributed by atoms with Gasteiger partial charge in [0.25, 0.3) is 0 Å². The molecule has 1 saturated carbocycles. The van der Waals surface area contributed by atoms with Gasteiger partial charge in [0.2, 0.25) is 0 Å². The van der Waals surface area contributed by atoms with E-state index < -0.39 is 0 Å². The molecule has 6 heteroatoms. The monoisotopic (exact) mass is 321 g/mol. The molecule has 0 spiro atoms. The third-order valence-electron chi connectivity index (χ3n) is 4.63. The van der Waals surface area contributed by atoms with Crippen LogP contribution in [0.15, 0.2) is 36.4 Å². The van der Waals surface area contributed by atoms with E-state index in [1.807, 2.05) is 17.8 Å². The molecule has 0 amide bonds. The number of aromatic amines is 1. The first kappa shape index (κ1) is 13.5. The SMILES string of the molecule is Cn1nc(C2CC2)c2ccc(Nc3n[nH]c4cc(F)ccc34)cc21. The highest BCUT2D eigenvalue weighted by Crippen LogP contribution is 2.42. The summed E-state index contributed by atoms with van der Waals surface area (Å²) in [5.41, 5.74) is 3.92. The van der Waals surface area contributed by atoms with Crippen LogP contribution >= 0.6 is 0 Å². The molecule has 0 atom stereocenters. The van der Waals surface area contributed by atoms with E-state index in [9.17, 15) is 4.39 Å². The van der Waals surface area contributed by atoms with Gasteiger partial charge in [-0.3, -0.25) is 9.78 Å². The number of benzene rings is 2. The molecule has 1 aliphatic rings. The molecule has 0 bridgehead atoms. The molecule has 1 fully saturated rings. The number of halogens is 1. The predicted molar refractivity (Wildman–Crippen MR) is 92.0 cm³/mol. The van der Waals surface area contributed by atoms with Crippen molar-refractivity contribution < 1.29 is 4.39 Å². The summed E-state index contributed by atoms with van der Waals surface area (Å²) in [5.74, 6) is 1.04. The molecule has 0 aliphatic heterocycles. The Labute approximate surface area is 137 Å². The quantitative estimate of drug-likeness (QED) is 0.594. The van der Waals surface area contributed by atoms with Crippen molar-refractivity contribution in [2.75, 3.05) is 5.32 Å². The van der Waals surface area contributed by atoms with E-state index in [-0.39, 0.29) is 5.82 Å². The third kappa shape index (κ3) is 2.06. The van der Waals surface area contributed by atoms with Crippen molar-refractivity contribution in [1.29, 1.82) is 0 Å². The fourth-order valence-corrected chi connectivity index (χ4v) is 3.25.